The van der Waals surface area contributed by atoms with E-state index < -0.39 is 11.2 Å². The van der Waals surface area contributed by atoms with E-state index in [0.29, 0.717) is 52.9 Å². The lowest BCUT2D eigenvalue weighted by Crippen LogP contribution is -2.14. The summed E-state index contributed by atoms with van der Waals surface area (Å²) in [5, 5.41) is 20.7. The molecule has 0 aliphatic carbocycles. The first-order valence-corrected chi connectivity index (χ1v) is 14.0. The largest absolute Gasteiger partial charge is 0.513 e. The van der Waals surface area contributed by atoms with E-state index in [4.69, 9.17) is 35.2 Å². The van der Waals surface area contributed by atoms with Crippen LogP contribution in [-0.4, -0.2) is 56.6 Å². The van der Waals surface area contributed by atoms with Gasteiger partial charge in [-0.25, -0.2) is 4.79 Å². The molecule has 0 unspecified atom stereocenters. The van der Waals surface area contributed by atoms with Gasteiger partial charge in [-0.1, -0.05) is 22.8 Å². The maximum Gasteiger partial charge on any atom is 0.513 e. The zero-order valence-electron chi connectivity index (χ0n) is 25.8. The number of halogens is 1. The van der Waals surface area contributed by atoms with Gasteiger partial charge in [-0.2, -0.15) is 0 Å². The minimum Gasteiger partial charge on any atom is -0.434 e. The van der Waals surface area contributed by atoms with Crippen molar-refractivity contribution in [2.75, 3.05) is 30.9 Å². The van der Waals surface area contributed by atoms with Gasteiger partial charge in [0.1, 0.15) is 30.0 Å². The fourth-order valence-corrected chi connectivity index (χ4v) is 4.07. The third kappa shape index (κ3) is 15.7. The standard InChI is InChI=1S/C15H20N2O7.C6H8S.C5H7ClN2O.2CH2O/c1-10-8-11(2)14(12(3)13(10)16-9-18)24-15(19)22-6-4-5-7-23-17(20)21;1-5-3-4-7-6(5)2;1-3-4(6)5(7-2)9-8-3;2*1-2/h8-9H,4-7H2,1-3H3,(H,16,18);3-4H,1-2H3;7H,1-2H3;2*1H2. The van der Waals surface area contributed by atoms with Crippen molar-refractivity contribution in [2.45, 2.75) is 54.4 Å². The number of benzene rings is 1. The van der Waals surface area contributed by atoms with Crippen LogP contribution in [0.15, 0.2) is 22.0 Å². The van der Waals surface area contributed by atoms with Crippen LogP contribution in [0, 0.1) is 51.7 Å². The molecule has 0 radical (unpaired) electrons. The number of rotatable bonds is 10. The van der Waals surface area contributed by atoms with Crippen molar-refractivity contribution in [2.24, 2.45) is 0 Å². The first-order chi connectivity index (χ1) is 20.9. The normalized spacial score (nSPS) is 9.09. The lowest BCUT2D eigenvalue weighted by Gasteiger charge is -2.16. The Balaban J connectivity index is 0. The minimum absolute atomic E-state index is 0.0533. The quantitative estimate of drug-likeness (QED) is 0.0613. The molecule has 14 nitrogen and oxygen atoms in total. The Kier molecular flexibility index (Phi) is 22.7. The van der Waals surface area contributed by atoms with Crippen molar-refractivity contribution in [1.29, 1.82) is 0 Å². The Labute approximate surface area is 265 Å². The van der Waals surface area contributed by atoms with Crippen LogP contribution in [-0.2, 0) is 24.0 Å². The van der Waals surface area contributed by atoms with Gasteiger partial charge in [-0.05, 0) is 82.5 Å². The van der Waals surface area contributed by atoms with Crippen molar-refractivity contribution in [3.05, 3.63) is 65.5 Å². The lowest BCUT2D eigenvalue weighted by atomic mass is 10.0. The second-order valence-electron chi connectivity index (χ2n) is 8.39. The van der Waals surface area contributed by atoms with Crippen molar-refractivity contribution >= 4 is 60.7 Å². The Bertz CT molecular complexity index is 1280. The van der Waals surface area contributed by atoms with Crippen molar-refractivity contribution in [3.63, 3.8) is 0 Å². The number of aryl methyl sites for hydroxylation is 5. The van der Waals surface area contributed by atoms with Crippen molar-refractivity contribution in [3.8, 4) is 5.75 Å². The van der Waals surface area contributed by atoms with E-state index in [1.165, 1.54) is 10.4 Å². The molecular weight excluding hydrogens is 620 g/mol. The number of carbonyl (C=O) groups is 4. The number of unbranched alkanes of at least 4 members (excludes halogenated alkanes) is 1. The second-order valence-corrected chi connectivity index (χ2v) is 9.89. The molecule has 3 aromatic rings. The number of amides is 1. The summed E-state index contributed by atoms with van der Waals surface area (Å²) >= 11 is 7.49. The molecule has 0 fully saturated rings. The summed E-state index contributed by atoms with van der Waals surface area (Å²) in [4.78, 5) is 53.9. The van der Waals surface area contributed by atoms with E-state index in [1.54, 1.807) is 45.2 Å². The number of anilines is 2. The number of nitrogens with one attached hydrogen (secondary N) is 2. The van der Waals surface area contributed by atoms with Crippen LogP contribution in [0.3, 0.4) is 0 Å². The molecule has 2 aromatic heterocycles. The Morgan fingerprint density at radius 2 is 1.70 bits per heavy atom. The summed E-state index contributed by atoms with van der Waals surface area (Å²) in [6.07, 6.45) is 0.467. The van der Waals surface area contributed by atoms with Gasteiger partial charge in [0, 0.05) is 17.5 Å². The van der Waals surface area contributed by atoms with E-state index in [0.717, 1.165) is 11.1 Å². The molecule has 3 rings (SSSR count). The van der Waals surface area contributed by atoms with E-state index in [1.807, 2.05) is 20.5 Å². The Hall–Kier alpha value is -4.50. The van der Waals surface area contributed by atoms with E-state index >= 15 is 0 Å². The van der Waals surface area contributed by atoms with Gasteiger partial charge in [0.2, 0.25) is 12.3 Å². The fourth-order valence-electron chi connectivity index (χ4n) is 3.18. The first-order valence-electron chi connectivity index (χ1n) is 12.7. The van der Waals surface area contributed by atoms with Crippen LogP contribution in [0.4, 0.5) is 16.4 Å². The predicted molar refractivity (Wildman–Crippen MR) is 168 cm³/mol. The molecule has 244 valence electrons. The molecule has 16 heteroatoms. The Morgan fingerprint density at radius 3 is 2.11 bits per heavy atom. The topological polar surface area (TPSA) is 189 Å². The summed E-state index contributed by atoms with van der Waals surface area (Å²) in [5.41, 5.74) is 4.90. The molecule has 0 saturated heterocycles. The highest BCUT2D eigenvalue weighted by Crippen LogP contribution is 2.32. The summed E-state index contributed by atoms with van der Waals surface area (Å²) in [6, 6.07) is 3.93. The predicted octanol–water partition coefficient (Wildman–Crippen LogP) is 6.36. The fraction of sp³-hybridized carbons (Fsp3) is 0.393. The van der Waals surface area contributed by atoms with Gasteiger partial charge in [0.25, 0.3) is 5.09 Å². The van der Waals surface area contributed by atoms with Gasteiger partial charge in [-0.3, -0.25) is 4.79 Å². The number of hydrogen-bond donors (Lipinski definition) is 2. The summed E-state index contributed by atoms with van der Waals surface area (Å²) in [7, 11) is 1.73. The number of ether oxygens (including phenoxy) is 2. The summed E-state index contributed by atoms with van der Waals surface area (Å²) < 4.78 is 14.9. The smallest absolute Gasteiger partial charge is 0.434 e. The molecule has 0 spiro atoms. The molecular formula is C28H39ClN4O10S. The monoisotopic (exact) mass is 658 g/mol. The van der Waals surface area contributed by atoms with Crippen molar-refractivity contribution < 1.29 is 43.1 Å². The summed E-state index contributed by atoms with van der Waals surface area (Å²) in [6.45, 7) is 15.4. The van der Waals surface area contributed by atoms with Crippen LogP contribution >= 0.6 is 22.9 Å². The molecule has 0 aliphatic rings. The first kappa shape index (κ1) is 41.6. The van der Waals surface area contributed by atoms with Gasteiger partial charge in [0.05, 0.1) is 18.9 Å². The molecule has 0 atom stereocenters. The number of carbonyl (C=O) groups excluding carboxylic acids is 4. The third-order valence-corrected chi connectivity index (χ3v) is 6.77. The van der Waals surface area contributed by atoms with Gasteiger partial charge < -0.3 is 39.1 Å². The maximum absolute atomic E-state index is 11.7. The van der Waals surface area contributed by atoms with Crippen molar-refractivity contribution in [1.82, 2.24) is 5.16 Å². The highest BCUT2D eigenvalue weighted by molar-refractivity contribution is 7.10. The molecule has 44 heavy (non-hydrogen) atoms. The zero-order chi connectivity index (χ0) is 34.2. The van der Waals surface area contributed by atoms with E-state index in [-0.39, 0.29) is 13.2 Å². The van der Waals surface area contributed by atoms with Crippen LogP contribution in [0.5, 0.6) is 5.75 Å². The number of nitrogens with zero attached hydrogens (tertiary/aromatic N) is 2. The zero-order valence-corrected chi connectivity index (χ0v) is 27.4. The van der Waals surface area contributed by atoms with Crippen LogP contribution in [0.2, 0.25) is 5.02 Å². The molecule has 0 aliphatic heterocycles. The molecule has 0 saturated carbocycles. The van der Waals surface area contributed by atoms with Crippen LogP contribution < -0.4 is 15.4 Å². The average Bonchev–Trinajstić information content (AvgIpc) is 3.55. The highest BCUT2D eigenvalue weighted by Gasteiger charge is 2.16. The number of hydrogen-bond acceptors (Lipinski definition) is 13. The maximum atomic E-state index is 11.7. The minimum atomic E-state index is -0.877. The third-order valence-electron chi connectivity index (χ3n) is 5.38. The molecule has 0 bridgehead atoms. The SMILES string of the molecule is C=O.C=O.CNc1onc(C)c1Cl.Cc1cc(C)c(OC(=O)OCCCCO[N+](=O)[O-])c(C)c1NC=O.Cc1ccsc1C. The Morgan fingerprint density at radius 1 is 1.09 bits per heavy atom. The van der Waals surface area contributed by atoms with Crippen LogP contribution in [0.25, 0.3) is 0 Å². The molecule has 1 amide bonds. The van der Waals surface area contributed by atoms with E-state index in [2.05, 4.69) is 45.9 Å². The van der Waals surface area contributed by atoms with Crippen LogP contribution in [0.1, 0.15) is 45.7 Å². The van der Waals surface area contributed by atoms with Gasteiger partial charge >= 0.3 is 6.16 Å². The van der Waals surface area contributed by atoms with Gasteiger partial charge in [0.15, 0.2) is 0 Å². The lowest BCUT2D eigenvalue weighted by molar-refractivity contribution is -0.757. The molecule has 2 heterocycles. The average molecular weight is 659 g/mol. The molecule has 2 N–H and O–H groups in total. The number of thiophene rings is 1. The number of aromatic nitrogens is 1. The van der Waals surface area contributed by atoms with E-state index in [9.17, 15) is 19.7 Å². The van der Waals surface area contributed by atoms with Gasteiger partial charge in [-0.15, -0.1) is 21.5 Å². The summed E-state index contributed by atoms with van der Waals surface area (Å²) in [5.74, 6) is 0.848. The highest BCUT2D eigenvalue weighted by atomic mass is 35.5. The second kappa shape index (κ2) is 24.0. The molecule has 1 aromatic carbocycles.